The number of rotatable bonds is 5. The van der Waals surface area contributed by atoms with Crippen molar-refractivity contribution in [3.63, 3.8) is 0 Å². The third kappa shape index (κ3) is 3.55. The number of carboxylic acids is 1. The first-order valence-electron chi connectivity index (χ1n) is 5.20. The third-order valence-electron chi connectivity index (χ3n) is 2.29. The van der Waals surface area contributed by atoms with Crippen molar-refractivity contribution < 1.29 is 19.8 Å². The third-order valence-corrected chi connectivity index (χ3v) is 2.97. The molecule has 4 N–H and O–H groups in total. The van der Waals surface area contributed by atoms with Crippen molar-refractivity contribution in [2.24, 2.45) is 0 Å². The number of aliphatic hydroxyl groups excluding tert-OH is 1. The van der Waals surface area contributed by atoms with Crippen LogP contribution in [0.15, 0.2) is 9.82 Å². The Morgan fingerprint density at radius 3 is 2.63 bits per heavy atom. The number of aryl methyl sites for hydroxylation is 1. The summed E-state index contributed by atoms with van der Waals surface area (Å²) >= 11 is 1.09. The molecule has 0 saturated carbocycles. The fourth-order valence-corrected chi connectivity index (χ4v) is 2.01. The summed E-state index contributed by atoms with van der Waals surface area (Å²) in [5, 5.41) is 20.0. The van der Waals surface area contributed by atoms with Gasteiger partial charge in [-0.15, -0.1) is 11.8 Å². The molecule has 8 nitrogen and oxygen atoms in total. The minimum Gasteiger partial charge on any atom is -0.480 e. The number of aliphatic carboxylic acids is 1. The fraction of sp³-hybridized carbons (Fsp3) is 0.400. The van der Waals surface area contributed by atoms with E-state index in [0.717, 1.165) is 11.8 Å². The van der Waals surface area contributed by atoms with Crippen LogP contribution in [0.25, 0.3) is 0 Å². The van der Waals surface area contributed by atoms with Gasteiger partial charge in [-0.1, -0.05) is 0 Å². The van der Waals surface area contributed by atoms with Crippen molar-refractivity contribution in [1.29, 1.82) is 0 Å². The Labute approximate surface area is 112 Å². The van der Waals surface area contributed by atoms with Crippen LogP contribution in [0.2, 0.25) is 0 Å². The number of carbonyl (C=O) groups excluding carboxylic acids is 1. The van der Waals surface area contributed by atoms with E-state index in [9.17, 15) is 14.4 Å². The molecule has 0 saturated heterocycles. The molecule has 9 heteroatoms. The van der Waals surface area contributed by atoms with Gasteiger partial charge in [-0.05, 0) is 13.2 Å². The molecular weight excluding hydrogens is 274 g/mol. The Balaban J connectivity index is 3.12. The summed E-state index contributed by atoms with van der Waals surface area (Å²) in [6.07, 6.45) is 1.64. The van der Waals surface area contributed by atoms with Gasteiger partial charge in [0.1, 0.15) is 5.03 Å². The molecule has 1 rings (SSSR count). The number of carbonyl (C=O) groups is 2. The lowest BCUT2D eigenvalue weighted by Gasteiger charge is -2.14. The molecule has 0 aliphatic heterocycles. The topological polar surface area (TPSA) is 132 Å². The van der Waals surface area contributed by atoms with E-state index in [0.29, 0.717) is 0 Å². The number of aliphatic hydroxyl groups is 1. The number of nitrogens with one attached hydrogen (secondary N) is 2. The van der Waals surface area contributed by atoms with Crippen LogP contribution in [-0.2, 0) is 4.79 Å². The molecule has 0 unspecified atom stereocenters. The Morgan fingerprint density at radius 2 is 2.16 bits per heavy atom. The molecule has 104 valence electrons. The van der Waals surface area contributed by atoms with Crippen molar-refractivity contribution in [2.75, 3.05) is 12.9 Å². The molecular formula is C10H13N3O5S. The lowest BCUT2D eigenvalue weighted by Crippen LogP contribution is -2.44. The maximum Gasteiger partial charge on any atom is 0.346 e. The highest BCUT2D eigenvalue weighted by atomic mass is 32.2. The van der Waals surface area contributed by atoms with Crippen LogP contribution in [0.5, 0.6) is 0 Å². The van der Waals surface area contributed by atoms with Gasteiger partial charge in [-0.3, -0.25) is 4.79 Å². The maximum absolute atomic E-state index is 12.0. The Morgan fingerprint density at radius 1 is 1.53 bits per heavy atom. The van der Waals surface area contributed by atoms with Gasteiger partial charge in [0.25, 0.3) is 5.91 Å². The molecule has 1 heterocycles. The van der Waals surface area contributed by atoms with Crippen LogP contribution in [0, 0.1) is 6.92 Å². The monoisotopic (exact) mass is 287 g/mol. The molecule has 0 fully saturated rings. The highest BCUT2D eigenvalue weighted by molar-refractivity contribution is 7.98. The Hall–Kier alpha value is -1.87. The number of thioether (sulfide) groups is 1. The number of hydrogen-bond donors (Lipinski definition) is 4. The van der Waals surface area contributed by atoms with Crippen molar-refractivity contribution in [1.82, 2.24) is 15.3 Å². The van der Waals surface area contributed by atoms with Gasteiger partial charge in [0.2, 0.25) is 0 Å². The second-order valence-electron chi connectivity index (χ2n) is 3.60. The van der Waals surface area contributed by atoms with Crippen molar-refractivity contribution in [3.8, 4) is 0 Å². The second kappa shape index (κ2) is 6.34. The zero-order valence-corrected chi connectivity index (χ0v) is 11.1. The number of H-pyrrole nitrogens is 1. The van der Waals surface area contributed by atoms with E-state index in [1.165, 1.54) is 6.92 Å². The summed E-state index contributed by atoms with van der Waals surface area (Å²) < 4.78 is 0. The van der Waals surface area contributed by atoms with Crippen molar-refractivity contribution in [2.45, 2.75) is 18.0 Å². The second-order valence-corrected chi connectivity index (χ2v) is 4.39. The largest absolute Gasteiger partial charge is 0.480 e. The van der Waals surface area contributed by atoms with Gasteiger partial charge in [-0.25, -0.2) is 9.59 Å². The van der Waals surface area contributed by atoms with Gasteiger partial charge < -0.3 is 20.5 Å². The summed E-state index contributed by atoms with van der Waals surface area (Å²) in [5.41, 5.74) is -0.217. The molecule has 0 aliphatic carbocycles. The summed E-state index contributed by atoms with van der Waals surface area (Å²) in [5.74, 6) is -2.07. The van der Waals surface area contributed by atoms with E-state index in [1.807, 2.05) is 0 Å². The van der Waals surface area contributed by atoms with Crippen LogP contribution in [0.3, 0.4) is 0 Å². The minimum absolute atomic E-state index is 0.0896. The van der Waals surface area contributed by atoms with E-state index < -0.39 is 30.2 Å². The van der Waals surface area contributed by atoms with Gasteiger partial charge in [0, 0.05) is 5.69 Å². The fourth-order valence-electron chi connectivity index (χ4n) is 1.39. The number of aromatic amines is 1. The molecule has 0 radical (unpaired) electrons. The molecule has 0 aromatic carbocycles. The van der Waals surface area contributed by atoms with E-state index in [2.05, 4.69) is 15.3 Å². The van der Waals surface area contributed by atoms with Crippen molar-refractivity contribution in [3.05, 3.63) is 21.7 Å². The number of hydrogen-bond acceptors (Lipinski definition) is 6. The molecule has 1 atom stereocenters. The van der Waals surface area contributed by atoms with Crippen LogP contribution in [-0.4, -0.2) is 51.0 Å². The summed E-state index contributed by atoms with van der Waals surface area (Å²) in [6, 6.07) is -1.41. The number of carboxylic acid groups (broad SMARTS) is 1. The van der Waals surface area contributed by atoms with Gasteiger partial charge >= 0.3 is 11.7 Å². The van der Waals surface area contributed by atoms with E-state index >= 15 is 0 Å². The first-order valence-corrected chi connectivity index (χ1v) is 6.42. The highest BCUT2D eigenvalue weighted by Gasteiger charge is 2.23. The smallest absolute Gasteiger partial charge is 0.346 e. The number of amides is 1. The van der Waals surface area contributed by atoms with E-state index in [1.54, 1.807) is 6.26 Å². The van der Waals surface area contributed by atoms with Gasteiger partial charge in [0.15, 0.2) is 6.04 Å². The molecule has 0 bridgehead atoms. The maximum atomic E-state index is 12.0. The van der Waals surface area contributed by atoms with E-state index in [-0.39, 0.29) is 16.3 Å². The van der Waals surface area contributed by atoms with Crippen LogP contribution in [0.1, 0.15) is 16.1 Å². The summed E-state index contributed by atoms with van der Waals surface area (Å²) in [4.78, 5) is 39.9. The zero-order chi connectivity index (χ0) is 14.6. The molecule has 1 aromatic rings. The predicted molar refractivity (Wildman–Crippen MR) is 67.4 cm³/mol. The molecule has 0 spiro atoms. The van der Waals surface area contributed by atoms with Crippen molar-refractivity contribution >= 4 is 23.6 Å². The predicted octanol–water partition coefficient (Wildman–Crippen LogP) is -1.02. The van der Waals surface area contributed by atoms with E-state index in [4.69, 9.17) is 10.2 Å². The SMILES string of the molecule is CSc1nc(=O)[nH]c(C)c1C(=O)N[C@@H](CO)C(=O)O. The molecule has 1 amide bonds. The van der Waals surface area contributed by atoms with Crippen LogP contribution < -0.4 is 11.0 Å². The molecule has 19 heavy (non-hydrogen) atoms. The average Bonchev–Trinajstić information content (AvgIpc) is 2.33. The Kier molecular flexibility index (Phi) is 5.07. The average molecular weight is 287 g/mol. The molecule has 1 aromatic heterocycles. The van der Waals surface area contributed by atoms with Crippen LogP contribution in [0.4, 0.5) is 0 Å². The first kappa shape index (κ1) is 15.2. The first-order chi connectivity index (χ1) is 8.90. The number of aromatic nitrogens is 2. The minimum atomic E-state index is -1.41. The van der Waals surface area contributed by atoms with Gasteiger partial charge in [-0.2, -0.15) is 4.98 Å². The lowest BCUT2D eigenvalue weighted by atomic mass is 10.2. The van der Waals surface area contributed by atoms with Crippen LogP contribution >= 0.6 is 11.8 Å². The number of nitrogens with zero attached hydrogens (tertiary/aromatic N) is 1. The zero-order valence-electron chi connectivity index (χ0n) is 10.3. The van der Waals surface area contributed by atoms with Gasteiger partial charge in [0.05, 0.1) is 12.2 Å². The Bertz CT molecular complexity index is 557. The lowest BCUT2D eigenvalue weighted by molar-refractivity contribution is -0.140. The molecule has 0 aliphatic rings. The highest BCUT2D eigenvalue weighted by Crippen LogP contribution is 2.17. The normalized spacial score (nSPS) is 11.9. The summed E-state index contributed by atoms with van der Waals surface area (Å²) in [6.45, 7) is 0.776. The standard InChI is InChI=1S/C10H13N3O5S/c1-4-6(8(19-2)13-10(18)11-4)7(15)12-5(3-14)9(16)17/h5,14H,3H2,1-2H3,(H,12,15)(H,16,17)(H,11,13,18)/t5-/m0/s1. The quantitative estimate of drug-likeness (QED) is 0.402. The summed E-state index contributed by atoms with van der Waals surface area (Å²) in [7, 11) is 0.